The van der Waals surface area contributed by atoms with E-state index in [1.54, 1.807) is 0 Å². The lowest BCUT2D eigenvalue weighted by Crippen LogP contribution is -2.48. The fourth-order valence-corrected chi connectivity index (χ4v) is 4.23. The van der Waals surface area contributed by atoms with E-state index >= 15 is 0 Å². The highest BCUT2D eigenvalue weighted by molar-refractivity contribution is 4.82. The molecule has 3 nitrogen and oxygen atoms in total. The molecule has 0 N–H and O–H groups in total. The minimum atomic E-state index is -0.401. The molecule has 0 saturated heterocycles. The lowest BCUT2D eigenvalue weighted by atomic mass is 10.0. The van der Waals surface area contributed by atoms with Crippen molar-refractivity contribution in [2.45, 2.75) is 128 Å². The van der Waals surface area contributed by atoms with Crippen LogP contribution in [0.5, 0.6) is 0 Å². The first-order valence-electron chi connectivity index (χ1n) is 11.2. The van der Waals surface area contributed by atoms with Crippen molar-refractivity contribution in [1.29, 1.82) is 0 Å². The van der Waals surface area contributed by atoms with Crippen LogP contribution in [-0.4, -0.2) is 24.8 Å². The molecule has 0 aromatic heterocycles. The maximum atomic E-state index is 6.92. The van der Waals surface area contributed by atoms with Gasteiger partial charge in [-0.2, -0.15) is 0 Å². The quantitative estimate of drug-likeness (QED) is 0.247. The van der Waals surface area contributed by atoms with Crippen LogP contribution in [0.3, 0.4) is 0 Å². The van der Waals surface area contributed by atoms with Crippen LogP contribution in [0.15, 0.2) is 0 Å². The summed E-state index contributed by atoms with van der Waals surface area (Å²) in [5, 5.41) is 0. The summed E-state index contributed by atoms with van der Waals surface area (Å²) in [5.41, 5.74) is 0. The van der Waals surface area contributed by atoms with Gasteiger partial charge in [0.05, 0.1) is 13.2 Å². The molecule has 25 heavy (non-hydrogen) atoms. The first-order valence-corrected chi connectivity index (χ1v) is 11.2. The van der Waals surface area contributed by atoms with Crippen molar-refractivity contribution in [1.82, 2.24) is 0 Å². The smallest absolute Gasteiger partial charge is 0.171 e. The SMILES string of the molecule is CCCCOC1(OC2(OCCCC)CCCCCC2)CCCCCC1. The van der Waals surface area contributed by atoms with Crippen LogP contribution in [0.1, 0.15) is 117 Å². The van der Waals surface area contributed by atoms with Gasteiger partial charge in [-0.3, -0.25) is 0 Å². The average molecular weight is 355 g/mol. The predicted molar refractivity (Wildman–Crippen MR) is 104 cm³/mol. The van der Waals surface area contributed by atoms with E-state index in [9.17, 15) is 0 Å². The Labute approximate surface area is 156 Å². The number of rotatable bonds is 10. The van der Waals surface area contributed by atoms with E-state index < -0.39 is 11.6 Å². The Morgan fingerprint density at radius 3 is 1.24 bits per heavy atom. The van der Waals surface area contributed by atoms with Crippen LogP contribution < -0.4 is 0 Å². The molecule has 2 aliphatic rings. The van der Waals surface area contributed by atoms with E-state index in [-0.39, 0.29) is 0 Å². The lowest BCUT2D eigenvalue weighted by molar-refractivity contribution is -0.367. The minimum absolute atomic E-state index is 0.401. The zero-order valence-corrected chi connectivity index (χ0v) is 17.0. The highest BCUT2D eigenvalue weighted by Gasteiger charge is 2.43. The molecule has 0 amide bonds. The van der Waals surface area contributed by atoms with Crippen LogP contribution >= 0.6 is 0 Å². The number of unbranched alkanes of at least 4 members (excludes halogenated alkanes) is 2. The first kappa shape index (κ1) is 21.2. The van der Waals surface area contributed by atoms with E-state index in [2.05, 4.69) is 13.8 Å². The molecule has 0 radical (unpaired) electrons. The molecule has 3 heteroatoms. The van der Waals surface area contributed by atoms with E-state index in [1.807, 2.05) is 0 Å². The van der Waals surface area contributed by atoms with Gasteiger partial charge in [-0.25, -0.2) is 0 Å². The Morgan fingerprint density at radius 1 is 0.560 bits per heavy atom. The maximum absolute atomic E-state index is 6.92. The van der Waals surface area contributed by atoms with E-state index in [0.29, 0.717) is 0 Å². The third-order valence-electron chi connectivity index (χ3n) is 5.83. The van der Waals surface area contributed by atoms with Crippen LogP contribution in [0.4, 0.5) is 0 Å². The van der Waals surface area contributed by atoms with Gasteiger partial charge >= 0.3 is 0 Å². The second-order valence-electron chi connectivity index (χ2n) is 8.16. The second kappa shape index (κ2) is 11.6. The van der Waals surface area contributed by atoms with Crippen LogP contribution in [0, 0.1) is 0 Å². The van der Waals surface area contributed by atoms with Gasteiger partial charge in [0, 0.05) is 25.7 Å². The molecule has 0 aromatic rings. The molecule has 0 aliphatic heterocycles. The standard InChI is InChI=1S/C22H42O3/c1-3-5-19-23-21(15-11-7-8-12-16-21)25-22(24-20-6-4-2)17-13-9-10-14-18-22/h3-20H2,1-2H3. The van der Waals surface area contributed by atoms with Gasteiger partial charge in [-0.05, 0) is 38.5 Å². The number of hydrogen-bond acceptors (Lipinski definition) is 3. The van der Waals surface area contributed by atoms with Crippen LogP contribution in [0.2, 0.25) is 0 Å². The van der Waals surface area contributed by atoms with Gasteiger partial charge in [0.15, 0.2) is 11.6 Å². The molecule has 0 spiro atoms. The molecular weight excluding hydrogens is 312 g/mol. The Morgan fingerprint density at radius 2 is 0.920 bits per heavy atom. The second-order valence-corrected chi connectivity index (χ2v) is 8.16. The summed E-state index contributed by atoms with van der Waals surface area (Å²) in [6, 6.07) is 0. The monoisotopic (exact) mass is 354 g/mol. The van der Waals surface area contributed by atoms with Crippen molar-refractivity contribution in [3.8, 4) is 0 Å². The van der Waals surface area contributed by atoms with E-state index in [4.69, 9.17) is 14.2 Å². The Kier molecular flexibility index (Phi) is 9.80. The zero-order valence-electron chi connectivity index (χ0n) is 17.0. The van der Waals surface area contributed by atoms with Gasteiger partial charge in [0.1, 0.15) is 0 Å². The summed E-state index contributed by atoms with van der Waals surface area (Å²) in [7, 11) is 0. The van der Waals surface area contributed by atoms with Gasteiger partial charge < -0.3 is 14.2 Å². The molecule has 2 rings (SSSR count). The summed E-state index contributed by atoms with van der Waals surface area (Å²) in [6.45, 7) is 6.10. The number of ether oxygens (including phenoxy) is 3. The largest absolute Gasteiger partial charge is 0.350 e. The predicted octanol–water partition coefficient (Wildman–Crippen LogP) is 6.74. The van der Waals surface area contributed by atoms with Gasteiger partial charge in [0.2, 0.25) is 0 Å². The Bertz CT molecular complexity index is 294. The van der Waals surface area contributed by atoms with Crippen LogP contribution in [0.25, 0.3) is 0 Å². The summed E-state index contributed by atoms with van der Waals surface area (Å²) < 4.78 is 19.8. The summed E-state index contributed by atoms with van der Waals surface area (Å²) >= 11 is 0. The third-order valence-corrected chi connectivity index (χ3v) is 5.83. The third kappa shape index (κ3) is 7.19. The van der Waals surface area contributed by atoms with Crippen LogP contribution in [-0.2, 0) is 14.2 Å². The maximum Gasteiger partial charge on any atom is 0.171 e. The van der Waals surface area contributed by atoms with Crippen molar-refractivity contribution >= 4 is 0 Å². The summed E-state index contributed by atoms with van der Waals surface area (Å²) in [6.07, 6.45) is 18.9. The molecule has 0 unspecified atom stereocenters. The average Bonchev–Trinajstić information content (AvgIpc) is 2.97. The molecule has 148 valence electrons. The van der Waals surface area contributed by atoms with Crippen molar-refractivity contribution in [2.75, 3.05) is 13.2 Å². The van der Waals surface area contributed by atoms with E-state index in [0.717, 1.165) is 51.7 Å². The normalized spacial score (nSPS) is 23.8. The molecule has 0 bridgehead atoms. The highest BCUT2D eigenvalue weighted by Crippen LogP contribution is 2.41. The Balaban J connectivity index is 2.10. The fourth-order valence-electron chi connectivity index (χ4n) is 4.23. The van der Waals surface area contributed by atoms with E-state index in [1.165, 1.54) is 64.2 Å². The fraction of sp³-hybridized carbons (Fsp3) is 1.00. The van der Waals surface area contributed by atoms with Crippen molar-refractivity contribution in [3.05, 3.63) is 0 Å². The topological polar surface area (TPSA) is 27.7 Å². The first-order chi connectivity index (χ1) is 12.2. The van der Waals surface area contributed by atoms with Crippen molar-refractivity contribution in [3.63, 3.8) is 0 Å². The molecular formula is C22H42O3. The van der Waals surface area contributed by atoms with Crippen molar-refractivity contribution in [2.24, 2.45) is 0 Å². The summed E-state index contributed by atoms with van der Waals surface area (Å²) in [5.74, 6) is -0.801. The minimum Gasteiger partial charge on any atom is -0.350 e. The molecule has 2 saturated carbocycles. The molecule has 0 atom stereocenters. The van der Waals surface area contributed by atoms with Crippen molar-refractivity contribution < 1.29 is 14.2 Å². The Hall–Kier alpha value is -0.120. The number of hydrogen-bond donors (Lipinski definition) is 0. The molecule has 0 heterocycles. The molecule has 0 aromatic carbocycles. The lowest BCUT2D eigenvalue weighted by Gasteiger charge is -2.43. The highest BCUT2D eigenvalue weighted by atomic mass is 16.8. The molecule has 2 fully saturated rings. The van der Waals surface area contributed by atoms with Gasteiger partial charge in [-0.1, -0.05) is 52.4 Å². The zero-order chi connectivity index (χ0) is 17.8. The summed E-state index contributed by atoms with van der Waals surface area (Å²) in [4.78, 5) is 0. The van der Waals surface area contributed by atoms with Gasteiger partial charge in [-0.15, -0.1) is 0 Å². The van der Waals surface area contributed by atoms with Gasteiger partial charge in [0.25, 0.3) is 0 Å². The molecule has 2 aliphatic carbocycles.